The van der Waals surface area contributed by atoms with Crippen LogP contribution in [0.3, 0.4) is 0 Å². The van der Waals surface area contributed by atoms with Gasteiger partial charge in [-0.2, -0.15) is 0 Å². The van der Waals surface area contributed by atoms with Gasteiger partial charge < -0.3 is 10.0 Å². The fourth-order valence-electron chi connectivity index (χ4n) is 4.46. The Morgan fingerprint density at radius 3 is 2.38 bits per heavy atom. The third-order valence-electron chi connectivity index (χ3n) is 6.24. The average molecular weight is 362 g/mol. The molecule has 7 nitrogen and oxygen atoms in total. The van der Waals surface area contributed by atoms with Crippen molar-refractivity contribution in [2.24, 2.45) is 11.3 Å². The van der Waals surface area contributed by atoms with Crippen LogP contribution in [-0.2, 0) is 4.79 Å². The predicted molar refractivity (Wildman–Crippen MR) is 96.8 cm³/mol. The van der Waals surface area contributed by atoms with Crippen LogP contribution in [0.2, 0.25) is 0 Å². The summed E-state index contributed by atoms with van der Waals surface area (Å²) in [5.41, 5.74) is 0.0362. The molecule has 144 valence electrons. The fourth-order valence-corrected chi connectivity index (χ4v) is 4.46. The minimum Gasteiger partial charge on any atom is -0.476 e. The molecule has 1 N–H and O–H groups in total. The van der Waals surface area contributed by atoms with Crippen molar-refractivity contribution in [1.82, 2.24) is 19.9 Å². The highest BCUT2D eigenvalue weighted by atomic mass is 16.4. The van der Waals surface area contributed by atoms with E-state index in [4.69, 9.17) is 5.11 Å². The lowest BCUT2D eigenvalue weighted by Gasteiger charge is -2.39. The van der Waals surface area contributed by atoms with Gasteiger partial charge in [-0.1, -0.05) is 38.3 Å². The second-order valence-electron chi connectivity index (χ2n) is 8.50. The number of aromatic carboxylic acids is 1. The van der Waals surface area contributed by atoms with E-state index in [2.05, 4.69) is 24.2 Å². The van der Waals surface area contributed by atoms with Crippen LogP contribution in [0.15, 0.2) is 6.20 Å². The van der Waals surface area contributed by atoms with Crippen molar-refractivity contribution < 1.29 is 14.7 Å². The molecule has 7 heteroatoms. The molecule has 1 saturated carbocycles. The number of nitrogens with zero attached hydrogens (tertiary/aromatic N) is 4. The summed E-state index contributed by atoms with van der Waals surface area (Å²) in [7, 11) is 0. The first-order valence-corrected chi connectivity index (χ1v) is 9.80. The molecule has 2 heterocycles. The van der Waals surface area contributed by atoms with Crippen molar-refractivity contribution in [3.8, 4) is 0 Å². The van der Waals surface area contributed by atoms with Gasteiger partial charge in [-0.15, -0.1) is 5.10 Å². The Bertz CT molecular complexity index is 641. The summed E-state index contributed by atoms with van der Waals surface area (Å²) in [4.78, 5) is 25.7. The first-order valence-electron chi connectivity index (χ1n) is 9.80. The van der Waals surface area contributed by atoms with Gasteiger partial charge in [-0.3, -0.25) is 4.79 Å². The zero-order chi connectivity index (χ0) is 18.7. The largest absolute Gasteiger partial charge is 0.476 e. The molecule has 1 aromatic heterocycles. The quantitative estimate of drug-likeness (QED) is 0.869. The standard InChI is InChI=1S/C19H30N4O3/c1-19(2,14-6-4-3-5-7-14)12-17(24)22-10-8-15(9-11-22)23-13-16(18(25)26)20-21-23/h13-15H,3-12H2,1-2H3,(H,25,26). The Hall–Kier alpha value is -1.92. The number of carbonyl (C=O) groups excluding carboxylic acids is 1. The normalized spacial score (nSPS) is 20.3. The highest BCUT2D eigenvalue weighted by Gasteiger charge is 2.35. The Kier molecular flexibility index (Phi) is 5.63. The first kappa shape index (κ1) is 18.9. The number of piperidine rings is 1. The van der Waals surface area contributed by atoms with Crippen LogP contribution >= 0.6 is 0 Å². The maximum atomic E-state index is 12.8. The zero-order valence-corrected chi connectivity index (χ0v) is 15.9. The number of hydrogen-bond donors (Lipinski definition) is 1. The maximum Gasteiger partial charge on any atom is 0.358 e. The van der Waals surface area contributed by atoms with Crippen molar-refractivity contribution in [3.05, 3.63) is 11.9 Å². The second-order valence-corrected chi connectivity index (χ2v) is 8.50. The van der Waals surface area contributed by atoms with E-state index >= 15 is 0 Å². The van der Waals surface area contributed by atoms with Crippen LogP contribution in [0, 0.1) is 11.3 Å². The topological polar surface area (TPSA) is 88.3 Å². The highest BCUT2D eigenvalue weighted by Crippen LogP contribution is 2.41. The summed E-state index contributed by atoms with van der Waals surface area (Å²) >= 11 is 0. The molecule has 26 heavy (non-hydrogen) atoms. The lowest BCUT2D eigenvalue weighted by molar-refractivity contribution is -0.135. The van der Waals surface area contributed by atoms with Crippen molar-refractivity contribution >= 4 is 11.9 Å². The lowest BCUT2D eigenvalue weighted by atomic mass is 9.69. The monoisotopic (exact) mass is 362 g/mol. The average Bonchev–Trinajstić information content (AvgIpc) is 3.13. The Labute approximate surface area is 154 Å². The Morgan fingerprint density at radius 2 is 1.81 bits per heavy atom. The number of rotatable bonds is 5. The Balaban J connectivity index is 1.52. The molecule has 1 aliphatic carbocycles. The molecule has 0 aromatic carbocycles. The molecule has 3 rings (SSSR count). The molecule has 0 radical (unpaired) electrons. The van der Waals surface area contributed by atoms with Gasteiger partial charge in [0.15, 0.2) is 5.69 Å². The number of aromatic nitrogens is 3. The maximum absolute atomic E-state index is 12.8. The number of carbonyl (C=O) groups is 2. The van der Waals surface area contributed by atoms with Crippen molar-refractivity contribution in [1.29, 1.82) is 0 Å². The lowest BCUT2D eigenvalue weighted by Crippen LogP contribution is -2.42. The van der Waals surface area contributed by atoms with E-state index in [0.717, 1.165) is 12.8 Å². The van der Waals surface area contributed by atoms with Crippen molar-refractivity contribution in [2.75, 3.05) is 13.1 Å². The van der Waals surface area contributed by atoms with Gasteiger partial charge in [0.25, 0.3) is 0 Å². The SMILES string of the molecule is CC(C)(CC(=O)N1CCC(n2cc(C(=O)O)nn2)CC1)C1CCCCC1. The van der Waals surface area contributed by atoms with Gasteiger partial charge in [0.2, 0.25) is 5.91 Å². The number of carboxylic acid groups (broad SMARTS) is 1. The molecule has 1 aromatic rings. The van der Waals surface area contributed by atoms with E-state index in [1.807, 2.05) is 4.90 Å². The molecule has 0 atom stereocenters. The second kappa shape index (κ2) is 7.76. The van der Waals surface area contributed by atoms with Gasteiger partial charge in [0, 0.05) is 19.5 Å². The van der Waals surface area contributed by atoms with Crippen molar-refractivity contribution in [2.45, 2.75) is 71.3 Å². The molecule has 2 aliphatic rings. The number of likely N-dealkylation sites (tertiary alicyclic amines) is 1. The van der Waals surface area contributed by atoms with Gasteiger partial charge in [-0.05, 0) is 37.0 Å². The third-order valence-corrected chi connectivity index (χ3v) is 6.24. The summed E-state index contributed by atoms with van der Waals surface area (Å²) < 4.78 is 1.64. The minimum atomic E-state index is -1.06. The zero-order valence-electron chi connectivity index (χ0n) is 15.9. The van der Waals surface area contributed by atoms with Crippen LogP contribution in [0.5, 0.6) is 0 Å². The first-order chi connectivity index (χ1) is 12.4. The van der Waals surface area contributed by atoms with E-state index in [9.17, 15) is 9.59 Å². The molecule has 1 amide bonds. The van der Waals surface area contributed by atoms with Crippen LogP contribution in [0.1, 0.15) is 81.7 Å². The fraction of sp³-hybridized carbons (Fsp3) is 0.789. The van der Waals surface area contributed by atoms with Crippen LogP contribution in [-0.4, -0.2) is 50.0 Å². The summed E-state index contributed by atoms with van der Waals surface area (Å²) in [6, 6.07) is 0.117. The summed E-state index contributed by atoms with van der Waals surface area (Å²) in [5, 5.41) is 16.6. The van der Waals surface area contributed by atoms with E-state index in [0.29, 0.717) is 25.4 Å². The third kappa shape index (κ3) is 4.24. The Morgan fingerprint density at radius 1 is 1.15 bits per heavy atom. The van der Waals surface area contributed by atoms with Gasteiger partial charge in [-0.25, -0.2) is 9.48 Å². The van der Waals surface area contributed by atoms with E-state index in [1.54, 1.807) is 4.68 Å². The summed E-state index contributed by atoms with van der Waals surface area (Å²) in [5.74, 6) is -0.153. The van der Waals surface area contributed by atoms with E-state index < -0.39 is 5.97 Å². The van der Waals surface area contributed by atoms with Crippen LogP contribution in [0.25, 0.3) is 0 Å². The minimum absolute atomic E-state index is 0.0299. The highest BCUT2D eigenvalue weighted by molar-refractivity contribution is 5.84. The molecule has 1 saturated heterocycles. The van der Waals surface area contributed by atoms with Crippen LogP contribution in [0.4, 0.5) is 0 Å². The molecule has 0 bridgehead atoms. The van der Waals surface area contributed by atoms with Crippen molar-refractivity contribution in [3.63, 3.8) is 0 Å². The summed E-state index contributed by atoms with van der Waals surface area (Å²) in [6.07, 6.45) is 10.1. The molecule has 2 fully saturated rings. The summed E-state index contributed by atoms with van der Waals surface area (Å²) in [6.45, 7) is 5.89. The predicted octanol–water partition coefficient (Wildman–Crippen LogP) is 3.14. The van der Waals surface area contributed by atoms with E-state index in [1.165, 1.54) is 38.3 Å². The molecular formula is C19H30N4O3. The molecular weight excluding hydrogens is 332 g/mol. The number of carboxylic acids is 1. The molecule has 0 spiro atoms. The number of amides is 1. The molecule has 1 aliphatic heterocycles. The smallest absolute Gasteiger partial charge is 0.358 e. The van der Waals surface area contributed by atoms with Crippen LogP contribution < -0.4 is 0 Å². The van der Waals surface area contributed by atoms with Gasteiger partial charge in [0.05, 0.1) is 12.2 Å². The van der Waals surface area contributed by atoms with Gasteiger partial charge in [0.1, 0.15) is 0 Å². The number of hydrogen-bond acceptors (Lipinski definition) is 4. The molecule has 0 unspecified atom stereocenters. The van der Waals surface area contributed by atoms with Gasteiger partial charge >= 0.3 is 5.97 Å². The van der Waals surface area contributed by atoms with E-state index in [-0.39, 0.29) is 23.1 Å².